The highest BCUT2D eigenvalue weighted by Crippen LogP contribution is 2.38. The maximum atomic E-state index is 13.7. The van der Waals surface area contributed by atoms with Crippen molar-refractivity contribution >= 4 is 23.5 Å². The average molecular weight is 552 g/mol. The van der Waals surface area contributed by atoms with Crippen LogP contribution in [-0.2, 0) is 20.7 Å². The third-order valence-electron chi connectivity index (χ3n) is 6.19. The summed E-state index contributed by atoms with van der Waals surface area (Å²) < 4.78 is 55.2. The number of aromatic amines is 1. The van der Waals surface area contributed by atoms with Crippen LogP contribution in [0.25, 0.3) is 33.6 Å². The lowest BCUT2D eigenvalue weighted by Gasteiger charge is -2.17. The molecule has 0 unspecified atom stereocenters. The van der Waals surface area contributed by atoms with Gasteiger partial charge in [0.15, 0.2) is 6.61 Å². The fourth-order valence-corrected chi connectivity index (χ4v) is 4.39. The number of amides is 2. The van der Waals surface area contributed by atoms with Gasteiger partial charge in [-0.25, -0.2) is 9.18 Å². The zero-order chi connectivity index (χ0) is 28.4. The fourth-order valence-electron chi connectivity index (χ4n) is 4.39. The predicted octanol–water partition coefficient (Wildman–Crippen LogP) is 4.88. The largest absolute Gasteiger partial charge is 0.490 e. The van der Waals surface area contributed by atoms with Gasteiger partial charge in [-0.1, -0.05) is 24.3 Å². The Morgan fingerprint density at radius 1 is 1.00 bits per heavy atom. The number of hydrogen-bond acceptors (Lipinski definition) is 5. The van der Waals surface area contributed by atoms with Crippen LogP contribution >= 0.6 is 0 Å². The van der Waals surface area contributed by atoms with Crippen LogP contribution in [0.1, 0.15) is 16.1 Å². The number of aromatic nitrogens is 2. The van der Waals surface area contributed by atoms with Crippen LogP contribution in [-0.4, -0.2) is 47.1 Å². The SMILES string of the molecule is O=C(COC(=O)C(F)(F)F)Nc1cccc(-c2cc(-c3cc4c([nH]3)CCNC4=O)ccn2)c1-c1ccc(F)cc1. The molecule has 8 nitrogen and oxygen atoms in total. The Balaban J connectivity index is 1.52. The maximum absolute atomic E-state index is 13.7. The van der Waals surface area contributed by atoms with Gasteiger partial charge >= 0.3 is 12.1 Å². The number of halogens is 4. The van der Waals surface area contributed by atoms with Gasteiger partial charge in [0, 0.05) is 52.9 Å². The summed E-state index contributed by atoms with van der Waals surface area (Å²) in [4.78, 5) is 43.4. The summed E-state index contributed by atoms with van der Waals surface area (Å²) in [6.07, 6.45) is -3.01. The van der Waals surface area contributed by atoms with Crippen molar-refractivity contribution in [2.75, 3.05) is 18.5 Å². The summed E-state index contributed by atoms with van der Waals surface area (Å²) in [6.45, 7) is -0.632. The normalized spacial score (nSPS) is 12.8. The number of anilines is 1. The molecule has 4 aromatic rings. The molecule has 40 heavy (non-hydrogen) atoms. The summed E-state index contributed by atoms with van der Waals surface area (Å²) in [5.74, 6) is -4.15. The van der Waals surface area contributed by atoms with Crippen molar-refractivity contribution in [3.63, 3.8) is 0 Å². The highest BCUT2D eigenvalue weighted by atomic mass is 19.4. The van der Waals surface area contributed by atoms with E-state index in [1.807, 2.05) is 0 Å². The molecule has 0 saturated carbocycles. The van der Waals surface area contributed by atoms with Gasteiger partial charge in [0.1, 0.15) is 5.82 Å². The van der Waals surface area contributed by atoms with Crippen LogP contribution in [0.4, 0.5) is 23.2 Å². The van der Waals surface area contributed by atoms with E-state index in [1.165, 1.54) is 30.3 Å². The zero-order valence-electron chi connectivity index (χ0n) is 20.6. The Labute approximate surface area is 224 Å². The lowest BCUT2D eigenvalue weighted by molar-refractivity contribution is -0.199. The molecular weight excluding hydrogens is 532 g/mol. The Hall–Kier alpha value is -5.00. The molecule has 0 bridgehead atoms. The summed E-state index contributed by atoms with van der Waals surface area (Å²) in [6, 6.07) is 15.5. The molecule has 2 aromatic heterocycles. The Kier molecular flexibility index (Phi) is 7.07. The number of H-pyrrole nitrogens is 1. The summed E-state index contributed by atoms with van der Waals surface area (Å²) in [7, 11) is 0. The molecule has 1 aliphatic heterocycles. The topological polar surface area (TPSA) is 113 Å². The number of ether oxygens (including phenoxy) is 1. The van der Waals surface area contributed by atoms with Gasteiger partial charge in [0.05, 0.1) is 11.3 Å². The summed E-state index contributed by atoms with van der Waals surface area (Å²) >= 11 is 0. The van der Waals surface area contributed by atoms with E-state index in [-0.39, 0.29) is 11.6 Å². The molecule has 1 aliphatic rings. The van der Waals surface area contributed by atoms with Crippen LogP contribution in [0.5, 0.6) is 0 Å². The van der Waals surface area contributed by atoms with Gasteiger partial charge in [-0.2, -0.15) is 13.2 Å². The molecule has 0 spiro atoms. The molecule has 2 amide bonds. The number of rotatable bonds is 6. The standard InChI is InChI=1S/C28H20F4N4O4/c29-17-6-4-15(5-7-17)25-18(2-1-3-21(25)36-24(37)14-40-27(39)28(30,31)32)23-12-16(8-10-33-23)22-13-19-20(35-22)9-11-34-26(19)38/h1-8,10,12-13,35H,9,11,14H2,(H,34,38)(H,36,37). The molecule has 204 valence electrons. The molecule has 0 atom stereocenters. The van der Waals surface area contributed by atoms with Gasteiger partial charge in [0.2, 0.25) is 0 Å². The first kappa shape index (κ1) is 26.6. The number of hydrogen-bond donors (Lipinski definition) is 3. The molecular formula is C28H20F4N4O4. The first-order valence-corrected chi connectivity index (χ1v) is 12.0. The van der Waals surface area contributed by atoms with Gasteiger partial charge in [-0.3, -0.25) is 14.6 Å². The highest BCUT2D eigenvalue weighted by Gasteiger charge is 2.41. The first-order valence-electron chi connectivity index (χ1n) is 12.0. The van der Waals surface area contributed by atoms with E-state index < -0.39 is 30.5 Å². The lowest BCUT2D eigenvalue weighted by Crippen LogP contribution is -2.31. The minimum absolute atomic E-state index is 0.166. The Bertz CT molecular complexity index is 1610. The van der Waals surface area contributed by atoms with Crippen LogP contribution in [0, 0.1) is 5.82 Å². The second kappa shape index (κ2) is 10.6. The van der Waals surface area contributed by atoms with Crippen molar-refractivity contribution < 1.29 is 36.7 Å². The third-order valence-corrected chi connectivity index (χ3v) is 6.19. The third kappa shape index (κ3) is 5.55. The van der Waals surface area contributed by atoms with Crippen molar-refractivity contribution in [3.8, 4) is 33.6 Å². The molecule has 0 fully saturated rings. The molecule has 0 saturated heterocycles. The van der Waals surface area contributed by atoms with Crippen molar-refractivity contribution in [3.05, 3.63) is 83.9 Å². The van der Waals surface area contributed by atoms with E-state index in [0.717, 1.165) is 11.3 Å². The van der Waals surface area contributed by atoms with Gasteiger partial charge in [-0.15, -0.1) is 0 Å². The fraction of sp³-hybridized carbons (Fsp3) is 0.143. The minimum atomic E-state index is -5.24. The number of carbonyl (C=O) groups is 3. The number of nitrogens with one attached hydrogen (secondary N) is 3. The number of pyridine rings is 1. The molecule has 0 radical (unpaired) electrons. The zero-order valence-corrected chi connectivity index (χ0v) is 20.6. The first-order chi connectivity index (χ1) is 19.1. The van der Waals surface area contributed by atoms with Crippen molar-refractivity contribution in [2.45, 2.75) is 12.6 Å². The van der Waals surface area contributed by atoms with E-state index in [1.54, 1.807) is 36.5 Å². The molecule has 0 aliphatic carbocycles. The van der Waals surface area contributed by atoms with E-state index >= 15 is 0 Å². The van der Waals surface area contributed by atoms with Crippen molar-refractivity contribution in [1.29, 1.82) is 0 Å². The summed E-state index contributed by atoms with van der Waals surface area (Å²) in [5.41, 5.74) is 4.86. The molecule has 5 rings (SSSR count). The molecule has 2 aromatic carbocycles. The van der Waals surface area contributed by atoms with E-state index in [0.29, 0.717) is 46.6 Å². The number of nitrogens with zero attached hydrogens (tertiary/aromatic N) is 1. The van der Waals surface area contributed by atoms with E-state index in [4.69, 9.17) is 0 Å². The Morgan fingerprint density at radius 3 is 2.50 bits per heavy atom. The van der Waals surface area contributed by atoms with Crippen LogP contribution in [0.3, 0.4) is 0 Å². The summed E-state index contributed by atoms with van der Waals surface area (Å²) in [5, 5.41) is 5.27. The van der Waals surface area contributed by atoms with E-state index in [9.17, 15) is 31.9 Å². The average Bonchev–Trinajstić information content (AvgIpc) is 3.38. The van der Waals surface area contributed by atoms with Gasteiger partial charge in [-0.05, 0) is 42.0 Å². The molecule has 3 N–H and O–H groups in total. The van der Waals surface area contributed by atoms with Gasteiger partial charge < -0.3 is 20.4 Å². The van der Waals surface area contributed by atoms with Crippen molar-refractivity contribution in [1.82, 2.24) is 15.3 Å². The molecule has 12 heteroatoms. The quantitative estimate of drug-likeness (QED) is 0.233. The lowest BCUT2D eigenvalue weighted by atomic mass is 9.94. The number of fused-ring (bicyclic) bond motifs is 1. The molecule has 3 heterocycles. The number of benzene rings is 2. The Morgan fingerprint density at radius 2 is 1.77 bits per heavy atom. The smallest absolute Gasteiger partial charge is 0.449 e. The van der Waals surface area contributed by atoms with Crippen molar-refractivity contribution in [2.24, 2.45) is 0 Å². The minimum Gasteiger partial charge on any atom is -0.449 e. The second-order valence-electron chi connectivity index (χ2n) is 8.87. The number of alkyl halides is 3. The van der Waals surface area contributed by atoms with E-state index in [2.05, 4.69) is 25.3 Å². The maximum Gasteiger partial charge on any atom is 0.490 e. The second-order valence-corrected chi connectivity index (χ2v) is 8.87. The number of esters is 1. The van der Waals surface area contributed by atoms with Gasteiger partial charge in [0.25, 0.3) is 11.8 Å². The highest BCUT2D eigenvalue weighted by molar-refractivity contribution is 6.01. The van der Waals surface area contributed by atoms with Crippen LogP contribution in [0.2, 0.25) is 0 Å². The van der Waals surface area contributed by atoms with Crippen LogP contribution < -0.4 is 10.6 Å². The number of carbonyl (C=O) groups excluding carboxylic acids is 3. The monoisotopic (exact) mass is 552 g/mol. The van der Waals surface area contributed by atoms with Crippen LogP contribution in [0.15, 0.2) is 66.9 Å². The predicted molar refractivity (Wildman–Crippen MR) is 137 cm³/mol.